The minimum Gasteiger partial charge on any atom is -0.489 e. The van der Waals surface area contributed by atoms with Gasteiger partial charge >= 0.3 is 0 Å². The Hall–Kier alpha value is -1.88. The fraction of sp³-hybridized carbons (Fsp3) is 0.400. The molecule has 0 amide bonds. The molecule has 5 heteroatoms. The van der Waals surface area contributed by atoms with Crippen molar-refractivity contribution in [2.24, 2.45) is 10.7 Å². The number of amidine groups is 1. The SMILES string of the molecule is CC1(C)CN=C(c2ccc(OC/C(=C\F)CN)cc2)N1. The van der Waals surface area contributed by atoms with Crippen LogP contribution in [0.15, 0.2) is 41.2 Å². The fourth-order valence-corrected chi connectivity index (χ4v) is 1.86. The molecule has 0 unspecified atom stereocenters. The molecule has 1 aliphatic heterocycles. The molecule has 0 fully saturated rings. The summed E-state index contributed by atoms with van der Waals surface area (Å²) in [7, 11) is 0. The highest BCUT2D eigenvalue weighted by atomic mass is 19.1. The summed E-state index contributed by atoms with van der Waals surface area (Å²) in [6, 6.07) is 7.56. The molecule has 0 bridgehead atoms. The van der Waals surface area contributed by atoms with Crippen molar-refractivity contribution >= 4 is 5.84 Å². The van der Waals surface area contributed by atoms with Crippen LogP contribution in [0.2, 0.25) is 0 Å². The van der Waals surface area contributed by atoms with E-state index in [0.717, 1.165) is 17.9 Å². The van der Waals surface area contributed by atoms with E-state index in [2.05, 4.69) is 24.2 Å². The second kappa shape index (κ2) is 6.05. The molecule has 20 heavy (non-hydrogen) atoms. The molecule has 1 heterocycles. The Labute approximate surface area is 118 Å². The molecule has 0 radical (unpaired) electrons. The Morgan fingerprint density at radius 2 is 2.15 bits per heavy atom. The summed E-state index contributed by atoms with van der Waals surface area (Å²) >= 11 is 0. The van der Waals surface area contributed by atoms with Gasteiger partial charge in [0.05, 0.1) is 18.4 Å². The molecular weight excluding hydrogens is 257 g/mol. The summed E-state index contributed by atoms with van der Waals surface area (Å²) in [5.41, 5.74) is 6.82. The Bertz CT molecular complexity index is 520. The molecule has 0 saturated carbocycles. The van der Waals surface area contributed by atoms with Crippen molar-refractivity contribution in [2.45, 2.75) is 19.4 Å². The summed E-state index contributed by atoms with van der Waals surface area (Å²) in [6.45, 7) is 5.31. The van der Waals surface area contributed by atoms with Gasteiger partial charge in [-0.15, -0.1) is 0 Å². The molecule has 4 nitrogen and oxygen atoms in total. The van der Waals surface area contributed by atoms with Crippen LogP contribution < -0.4 is 15.8 Å². The summed E-state index contributed by atoms with van der Waals surface area (Å²) in [4.78, 5) is 4.48. The number of nitrogens with zero attached hydrogens (tertiary/aromatic N) is 1. The lowest BCUT2D eigenvalue weighted by atomic mass is 10.1. The number of rotatable bonds is 5. The van der Waals surface area contributed by atoms with Crippen molar-refractivity contribution < 1.29 is 9.13 Å². The van der Waals surface area contributed by atoms with Gasteiger partial charge in [-0.3, -0.25) is 4.99 Å². The van der Waals surface area contributed by atoms with Crippen LogP contribution in [0.3, 0.4) is 0 Å². The summed E-state index contributed by atoms with van der Waals surface area (Å²) in [6.07, 6.45) is 0.494. The number of halogens is 1. The Balaban J connectivity index is 1.97. The third-order valence-corrected chi connectivity index (χ3v) is 3.06. The van der Waals surface area contributed by atoms with Crippen LogP contribution in [-0.2, 0) is 0 Å². The van der Waals surface area contributed by atoms with Gasteiger partial charge in [0.15, 0.2) is 0 Å². The van der Waals surface area contributed by atoms with Crippen LogP contribution in [0.1, 0.15) is 19.4 Å². The minimum absolute atomic E-state index is 0.00640. The highest BCUT2D eigenvalue weighted by molar-refractivity contribution is 6.00. The van der Waals surface area contributed by atoms with E-state index < -0.39 is 0 Å². The second-order valence-corrected chi connectivity index (χ2v) is 5.46. The van der Waals surface area contributed by atoms with Crippen LogP contribution in [0.25, 0.3) is 0 Å². The van der Waals surface area contributed by atoms with E-state index in [1.807, 2.05) is 24.3 Å². The number of aliphatic imine (C=N–C) groups is 1. The average molecular weight is 277 g/mol. The maximum absolute atomic E-state index is 12.4. The van der Waals surface area contributed by atoms with Gasteiger partial charge in [-0.05, 0) is 38.1 Å². The highest BCUT2D eigenvalue weighted by Gasteiger charge is 2.25. The van der Waals surface area contributed by atoms with Gasteiger partial charge in [-0.25, -0.2) is 4.39 Å². The van der Waals surface area contributed by atoms with Gasteiger partial charge in [0.2, 0.25) is 0 Å². The normalized spacial score (nSPS) is 17.6. The van der Waals surface area contributed by atoms with Crippen LogP contribution in [-0.4, -0.2) is 31.1 Å². The number of hydrogen-bond acceptors (Lipinski definition) is 4. The summed E-state index contributed by atoms with van der Waals surface area (Å²) < 4.78 is 17.8. The first kappa shape index (κ1) is 14.5. The molecule has 2 rings (SSSR count). The molecule has 0 spiro atoms. The van der Waals surface area contributed by atoms with Gasteiger partial charge in [0, 0.05) is 17.7 Å². The number of nitrogens with two attached hydrogens (primary N) is 1. The van der Waals surface area contributed by atoms with E-state index in [9.17, 15) is 4.39 Å². The quantitative estimate of drug-likeness (QED) is 0.865. The maximum atomic E-state index is 12.4. The van der Waals surface area contributed by atoms with E-state index in [4.69, 9.17) is 10.5 Å². The zero-order valence-corrected chi connectivity index (χ0v) is 11.8. The van der Waals surface area contributed by atoms with Crippen LogP contribution in [0.5, 0.6) is 5.75 Å². The molecule has 108 valence electrons. The third-order valence-electron chi connectivity index (χ3n) is 3.06. The lowest BCUT2D eigenvalue weighted by molar-refractivity contribution is 0.347. The summed E-state index contributed by atoms with van der Waals surface area (Å²) in [5, 5.41) is 3.37. The Kier molecular flexibility index (Phi) is 4.39. The molecule has 1 aliphatic rings. The molecular formula is C15H20FN3O. The zero-order valence-electron chi connectivity index (χ0n) is 11.8. The number of hydrogen-bond donors (Lipinski definition) is 2. The van der Waals surface area contributed by atoms with Crippen LogP contribution in [0.4, 0.5) is 4.39 Å². The van der Waals surface area contributed by atoms with E-state index >= 15 is 0 Å². The Morgan fingerprint density at radius 3 is 2.65 bits per heavy atom. The van der Waals surface area contributed by atoms with Crippen molar-refractivity contribution in [3.63, 3.8) is 0 Å². The molecule has 1 aromatic carbocycles. The smallest absolute Gasteiger partial charge is 0.128 e. The first-order chi connectivity index (χ1) is 9.54. The number of nitrogens with one attached hydrogen (secondary N) is 1. The van der Waals surface area contributed by atoms with Crippen molar-refractivity contribution in [2.75, 3.05) is 19.7 Å². The van der Waals surface area contributed by atoms with Crippen molar-refractivity contribution in [3.8, 4) is 5.75 Å². The second-order valence-electron chi connectivity index (χ2n) is 5.46. The van der Waals surface area contributed by atoms with Crippen molar-refractivity contribution in [1.82, 2.24) is 5.32 Å². The van der Waals surface area contributed by atoms with Crippen molar-refractivity contribution in [1.29, 1.82) is 0 Å². The first-order valence-corrected chi connectivity index (χ1v) is 6.58. The van der Waals surface area contributed by atoms with Gasteiger partial charge < -0.3 is 15.8 Å². The molecule has 0 atom stereocenters. The highest BCUT2D eigenvalue weighted by Crippen LogP contribution is 2.17. The lowest BCUT2D eigenvalue weighted by Crippen LogP contribution is -2.39. The molecule has 0 aromatic heterocycles. The molecule has 1 aromatic rings. The fourth-order valence-electron chi connectivity index (χ4n) is 1.86. The lowest BCUT2D eigenvalue weighted by Gasteiger charge is -2.18. The minimum atomic E-state index is 0.00640. The van der Waals surface area contributed by atoms with E-state index in [-0.39, 0.29) is 18.7 Å². The van der Waals surface area contributed by atoms with Gasteiger partial charge in [0.25, 0.3) is 0 Å². The third kappa shape index (κ3) is 3.57. The summed E-state index contributed by atoms with van der Waals surface area (Å²) in [5.74, 6) is 1.58. The van der Waals surface area contributed by atoms with E-state index in [0.29, 0.717) is 17.7 Å². The van der Waals surface area contributed by atoms with Gasteiger partial charge in [-0.1, -0.05) is 0 Å². The standard InChI is InChI=1S/C15H20FN3O/c1-15(2)10-18-14(19-15)12-3-5-13(6-4-12)20-9-11(7-16)8-17/h3-7H,8-10,17H2,1-2H3,(H,18,19)/b11-7-. The number of benzene rings is 1. The van der Waals surface area contributed by atoms with Gasteiger partial charge in [0.1, 0.15) is 18.2 Å². The monoisotopic (exact) mass is 277 g/mol. The van der Waals surface area contributed by atoms with Crippen molar-refractivity contribution in [3.05, 3.63) is 41.7 Å². The molecule has 3 N–H and O–H groups in total. The average Bonchev–Trinajstić information content (AvgIpc) is 2.81. The van der Waals surface area contributed by atoms with Gasteiger partial charge in [-0.2, -0.15) is 0 Å². The van der Waals surface area contributed by atoms with E-state index in [1.54, 1.807) is 0 Å². The molecule has 0 aliphatic carbocycles. The predicted octanol–water partition coefficient (Wildman–Crippen LogP) is 2.01. The maximum Gasteiger partial charge on any atom is 0.128 e. The number of ether oxygens (including phenoxy) is 1. The predicted molar refractivity (Wildman–Crippen MR) is 78.8 cm³/mol. The first-order valence-electron chi connectivity index (χ1n) is 6.58. The zero-order chi connectivity index (χ0) is 14.6. The van der Waals surface area contributed by atoms with Crippen LogP contribution >= 0.6 is 0 Å². The van der Waals surface area contributed by atoms with E-state index in [1.165, 1.54) is 0 Å². The Morgan fingerprint density at radius 1 is 1.45 bits per heavy atom. The van der Waals surface area contributed by atoms with Crippen LogP contribution in [0, 0.1) is 0 Å². The topological polar surface area (TPSA) is 59.6 Å². The molecule has 0 saturated heterocycles. The largest absolute Gasteiger partial charge is 0.489 e.